The minimum atomic E-state index is 0. The number of thiazole rings is 1. The van der Waals surface area contributed by atoms with E-state index in [9.17, 15) is 4.79 Å². The zero-order valence-electron chi connectivity index (χ0n) is 17.2. The quantitative estimate of drug-likeness (QED) is 0.397. The fourth-order valence-corrected chi connectivity index (χ4v) is 4.81. The number of anilines is 1. The van der Waals surface area contributed by atoms with E-state index >= 15 is 0 Å². The molecule has 3 rings (SSSR count). The number of carbonyl (C=O) groups excluding carboxylic acids is 1. The summed E-state index contributed by atoms with van der Waals surface area (Å²) in [6.07, 6.45) is 0. The molecule has 0 saturated heterocycles. The lowest BCUT2D eigenvalue weighted by Crippen LogP contribution is -2.39. The second-order valence-electron chi connectivity index (χ2n) is 6.91. The van der Waals surface area contributed by atoms with Crippen LogP contribution in [-0.4, -0.2) is 42.0 Å². The number of fused-ring (bicyclic) bond motifs is 1. The Morgan fingerprint density at radius 2 is 1.79 bits per heavy atom. The Labute approximate surface area is 191 Å². The first-order valence-corrected chi connectivity index (χ1v) is 11.2. The monoisotopic (exact) mass is 495 g/mol. The second kappa shape index (κ2) is 10.5. The number of carbonyl (C=O) groups is 1. The van der Waals surface area contributed by atoms with Gasteiger partial charge in [-0.2, -0.15) is 0 Å². The van der Waals surface area contributed by atoms with Gasteiger partial charge in [0.25, 0.3) is 5.91 Å². The van der Waals surface area contributed by atoms with Crippen molar-refractivity contribution in [2.45, 2.75) is 27.7 Å². The third kappa shape index (κ3) is 5.57. The van der Waals surface area contributed by atoms with Gasteiger partial charge in [0, 0.05) is 23.1 Å². The number of rotatable bonds is 7. The van der Waals surface area contributed by atoms with Crippen LogP contribution in [0.2, 0.25) is 0 Å². The summed E-state index contributed by atoms with van der Waals surface area (Å²) < 4.78 is 2.09. The summed E-state index contributed by atoms with van der Waals surface area (Å²) in [5.74, 6) is 0.0165. The lowest BCUT2D eigenvalue weighted by molar-refractivity contribution is 0.0983. The lowest BCUT2D eigenvalue weighted by Gasteiger charge is -2.25. The van der Waals surface area contributed by atoms with E-state index in [4.69, 9.17) is 4.98 Å². The Hall–Kier alpha value is -1.47. The number of aromatic nitrogens is 1. The average Bonchev–Trinajstić information content (AvgIpc) is 3.07. The highest BCUT2D eigenvalue weighted by Gasteiger charge is 2.23. The molecular weight excluding hydrogens is 470 g/mol. The minimum Gasteiger partial charge on any atom is -0.302 e. The van der Waals surface area contributed by atoms with Crippen molar-refractivity contribution in [3.63, 3.8) is 0 Å². The molecule has 0 aliphatic heterocycles. The summed E-state index contributed by atoms with van der Waals surface area (Å²) in [5, 5.41) is 0.755. The number of hydrogen-bond acceptors (Lipinski definition) is 4. The van der Waals surface area contributed by atoms with Gasteiger partial charge in [-0.25, -0.2) is 4.98 Å². The van der Waals surface area contributed by atoms with Gasteiger partial charge in [0.1, 0.15) is 0 Å². The maximum absolute atomic E-state index is 13.5. The van der Waals surface area contributed by atoms with Crippen LogP contribution in [0.5, 0.6) is 0 Å². The van der Waals surface area contributed by atoms with Gasteiger partial charge in [0.15, 0.2) is 5.13 Å². The molecule has 156 valence electrons. The van der Waals surface area contributed by atoms with E-state index in [2.05, 4.69) is 46.8 Å². The molecule has 1 aromatic heterocycles. The van der Waals surface area contributed by atoms with Crippen molar-refractivity contribution in [2.75, 3.05) is 31.1 Å². The highest BCUT2D eigenvalue weighted by Crippen LogP contribution is 2.32. The number of halogens is 2. The lowest BCUT2D eigenvalue weighted by atomic mass is 10.0. The van der Waals surface area contributed by atoms with Crippen LogP contribution < -0.4 is 4.90 Å². The Kier molecular flexibility index (Phi) is 8.64. The molecule has 1 heterocycles. The molecule has 0 N–H and O–H groups in total. The van der Waals surface area contributed by atoms with Crippen molar-refractivity contribution in [1.82, 2.24) is 9.88 Å². The summed E-state index contributed by atoms with van der Waals surface area (Å²) in [6.45, 7) is 11.7. The number of likely N-dealkylation sites (N-methyl/N-ethyl adjacent to an activating group) is 1. The smallest absolute Gasteiger partial charge is 0.260 e. The van der Waals surface area contributed by atoms with E-state index in [-0.39, 0.29) is 18.3 Å². The Morgan fingerprint density at radius 1 is 1.07 bits per heavy atom. The molecule has 0 unspecified atom stereocenters. The van der Waals surface area contributed by atoms with Crippen molar-refractivity contribution in [2.24, 2.45) is 0 Å². The molecule has 0 spiro atoms. The minimum absolute atomic E-state index is 0. The first-order chi connectivity index (χ1) is 13.4. The molecule has 7 heteroatoms. The molecule has 4 nitrogen and oxygen atoms in total. The maximum atomic E-state index is 13.5. The Morgan fingerprint density at radius 3 is 2.45 bits per heavy atom. The molecule has 3 aromatic rings. The van der Waals surface area contributed by atoms with E-state index in [1.54, 1.807) is 11.3 Å². The van der Waals surface area contributed by atoms with E-state index < -0.39 is 0 Å². The third-order valence-electron chi connectivity index (χ3n) is 4.96. The average molecular weight is 497 g/mol. The van der Waals surface area contributed by atoms with Crippen molar-refractivity contribution >= 4 is 60.9 Å². The van der Waals surface area contributed by atoms with Crippen LogP contribution in [-0.2, 0) is 0 Å². The van der Waals surface area contributed by atoms with Gasteiger partial charge in [-0.1, -0.05) is 58.8 Å². The second-order valence-corrected chi connectivity index (χ2v) is 8.84. The van der Waals surface area contributed by atoms with Crippen molar-refractivity contribution in [1.29, 1.82) is 0 Å². The van der Waals surface area contributed by atoms with Gasteiger partial charge in [-0.3, -0.25) is 9.69 Å². The van der Waals surface area contributed by atoms with Gasteiger partial charge in [0.2, 0.25) is 0 Å². The molecule has 2 aromatic carbocycles. The van der Waals surface area contributed by atoms with Crippen LogP contribution in [0.3, 0.4) is 0 Å². The van der Waals surface area contributed by atoms with E-state index in [0.717, 1.165) is 56.1 Å². The fourth-order valence-electron chi connectivity index (χ4n) is 3.27. The zero-order valence-corrected chi connectivity index (χ0v) is 20.5. The molecule has 0 radical (unpaired) electrons. The number of benzene rings is 2. The van der Waals surface area contributed by atoms with Crippen LogP contribution in [0, 0.1) is 13.8 Å². The van der Waals surface area contributed by atoms with Crippen LogP contribution in [0.15, 0.2) is 40.9 Å². The Bertz CT molecular complexity index is 987. The molecule has 0 atom stereocenters. The molecule has 29 heavy (non-hydrogen) atoms. The number of amides is 1. The molecule has 0 fully saturated rings. The van der Waals surface area contributed by atoms with Crippen LogP contribution in [0.1, 0.15) is 35.3 Å². The molecular formula is C22H27BrClN3OS. The van der Waals surface area contributed by atoms with Crippen LogP contribution in [0.4, 0.5) is 5.13 Å². The predicted octanol–water partition coefficient (Wildman–Crippen LogP) is 6.09. The third-order valence-corrected chi connectivity index (χ3v) is 6.50. The molecule has 0 saturated carbocycles. The van der Waals surface area contributed by atoms with Crippen molar-refractivity contribution in [3.05, 3.63) is 57.6 Å². The molecule has 0 bridgehead atoms. The van der Waals surface area contributed by atoms with E-state index in [1.807, 2.05) is 43.0 Å². The predicted molar refractivity (Wildman–Crippen MR) is 130 cm³/mol. The summed E-state index contributed by atoms with van der Waals surface area (Å²) in [6, 6.07) is 12.0. The van der Waals surface area contributed by atoms with Crippen LogP contribution in [0.25, 0.3) is 10.2 Å². The van der Waals surface area contributed by atoms with Gasteiger partial charge < -0.3 is 4.90 Å². The van der Waals surface area contributed by atoms with Crippen molar-refractivity contribution in [3.8, 4) is 0 Å². The topological polar surface area (TPSA) is 36.4 Å². The van der Waals surface area contributed by atoms with Gasteiger partial charge in [-0.15, -0.1) is 12.4 Å². The summed E-state index contributed by atoms with van der Waals surface area (Å²) >= 11 is 5.08. The molecule has 0 aliphatic rings. The largest absolute Gasteiger partial charge is 0.302 e. The van der Waals surface area contributed by atoms with Gasteiger partial charge in [-0.05, 0) is 56.8 Å². The zero-order chi connectivity index (χ0) is 20.3. The van der Waals surface area contributed by atoms with E-state index in [0.29, 0.717) is 6.54 Å². The first kappa shape index (κ1) is 23.8. The summed E-state index contributed by atoms with van der Waals surface area (Å²) in [7, 11) is 0. The van der Waals surface area contributed by atoms with Gasteiger partial charge in [0.05, 0.1) is 10.2 Å². The standard InChI is InChI=1S/C22H26BrN3OS.ClH/c1-5-25(6-2)11-12-26(21(27)18-9-7-15(3)13-16(18)4)22-24-19-10-8-17(23)14-20(19)28-22;/h7-10,13-14H,5-6,11-12H2,1-4H3;1H. The number of hydrogen-bond donors (Lipinski definition) is 0. The first-order valence-electron chi connectivity index (χ1n) is 9.60. The fraction of sp³-hybridized carbons (Fsp3) is 0.364. The number of aryl methyl sites for hydroxylation is 2. The highest BCUT2D eigenvalue weighted by atomic mass is 79.9. The van der Waals surface area contributed by atoms with Crippen molar-refractivity contribution < 1.29 is 4.79 Å². The molecule has 0 aliphatic carbocycles. The van der Waals surface area contributed by atoms with Crippen LogP contribution >= 0.6 is 39.7 Å². The summed E-state index contributed by atoms with van der Waals surface area (Å²) in [5.41, 5.74) is 3.82. The SMILES string of the molecule is CCN(CC)CCN(C(=O)c1ccc(C)cc1C)c1nc2ccc(Br)cc2s1.Cl. The highest BCUT2D eigenvalue weighted by molar-refractivity contribution is 9.10. The summed E-state index contributed by atoms with van der Waals surface area (Å²) in [4.78, 5) is 22.4. The Balaban J connectivity index is 0.00000300. The number of nitrogens with zero attached hydrogens (tertiary/aromatic N) is 3. The van der Waals surface area contributed by atoms with E-state index in [1.165, 1.54) is 0 Å². The maximum Gasteiger partial charge on any atom is 0.260 e. The molecule has 1 amide bonds. The van der Waals surface area contributed by atoms with Gasteiger partial charge >= 0.3 is 0 Å². The normalized spacial score (nSPS) is 11.0.